The van der Waals surface area contributed by atoms with Crippen molar-refractivity contribution in [2.24, 2.45) is 5.73 Å². The minimum atomic E-state index is -0.0648. The first-order chi connectivity index (χ1) is 3.81. The molecule has 0 atom stereocenters. The minimum absolute atomic E-state index is 0.0648. The highest BCUT2D eigenvalue weighted by atomic mass is 16.7. The normalized spacial score (nSPS) is 8.25. The molecule has 8 heavy (non-hydrogen) atoms. The molecule has 0 fully saturated rings. The van der Waals surface area contributed by atoms with Crippen LogP contribution >= 0.6 is 0 Å². The molecular weight excluding hydrogens is 106 g/mol. The molecule has 0 saturated carbocycles. The standard InChI is InChI=1S/C4H10O2.CH5N/c1-4(5-2)6-3;1-2/h4H,1-3H3;2H2,1H3. The first-order valence-electron chi connectivity index (χ1n) is 2.44. The van der Waals surface area contributed by atoms with Crippen LogP contribution in [0.2, 0.25) is 0 Å². The molecule has 0 aromatic carbocycles. The molecule has 0 unspecified atom stereocenters. The summed E-state index contributed by atoms with van der Waals surface area (Å²) in [6, 6.07) is 0. The van der Waals surface area contributed by atoms with Crippen molar-refractivity contribution in [3.05, 3.63) is 0 Å². The highest BCUT2D eigenvalue weighted by Gasteiger charge is 1.87. The molecule has 0 radical (unpaired) electrons. The van der Waals surface area contributed by atoms with E-state index in [4.69, 9.17) is 0 Å². The van der Waals surface area contributed by atoms with E-state index < -0.39 is 0 Å². The number of hydrogen-bond acceptors (Lipinski definition) is 3. The maximum absolute atomic E-state index is 4.68. The van der Waals surface area contributed by atoms with Crippen molar-refractivity contribution >= 4 is 0 Å². The molecule has 52 valence electrons. The van der Waals surface area contributed by atoms with Crippen LogP contribution in [-0.2, 0) is 9.47 Å². The quantitative estimate of drug-likeness (QED) is 0.531. The Hall–Kier alpha value is -0.120. The Balaban J connectivity index is 0. The highest BCUT2D eigenvalue weighted by Crippen LogP contribution is 1.82. The van der Waals surface area contributed by atoms with Gasteiger partial charge in [-0.1, -0.05) is 0 Å². The first kappa shape index (κ1) is 10.8. The van der Waals surface area contributed by atoms with Gasteiger partial charge in [-0.25, -0.2) is 0 Å². The number of ether oxygens (including phenoxy) is 2. The smallest absolute Gasteiger partial charge is 0.154 e. The van der Waals surface area contributed by atoms with E-state index in [0.29, 0.717) is 0 Å². The lowest BCUT2D eigenvalue weighted by atomic mass is 10.8. The van der Waals surface area contributed by atoms with Crippen molar-refractivity contribution < 1.29 is 9.47 Å². The lowest BCUT2D eigenvalue weighted by Crippen LogP contribution is -2.05. The second-order valence-electron chi connectivity index (χ2n) is 1.04. The number of nitrogens with two attached hydrogens (primary N) is 1. The average Bonchev–Trinajstić information content (AvgIpc) is 1.91. The lowest BCUT2D eigenvalue weighted by Gasteiger charge is -2.03. The summed E-state index contributed by atoms with van der Waals surface area (Å²) in [6.45, 7) is 1.83. The van der Waals surface area contributed by atoms with Gasteiger partial charge in [-0.3, -0.25) is 0 Å². The number of methoxy groups -OCH3 is 2. The van der Waals surface area contributed by atoms with Crippen LogP contribution in [-0.4, -0.2) is 27.6 Å². The fraction of sp³-hybridized carbons (Fsp3) is 1.00. The summed E-state index contributed by atoms with van der Waals surface area (Å²) in [7, 11) is 4.71. The Kier molecular flexibility index (Phi) is 13.5. The van der Waals surface area contributed by atoms with Crippen LogP contribution in [0, 0.1) is 0 Å². The fourth-order valence-corrected chi connectivity index (χ4v) is 0.0962. The van der Waals surface area contributed by atoms with Crippen molar-refractivity contribution in [2.45, 2.75) is 13.2 Å². The van der Waals surface area contributed by atoms with Gasteiger partial charge in [-0.05, 0) is 14.0 Å². The second-order valence-corrected chi connectivity index (χ2v) is 1.04. The molecule has 0 aliphatic heterocycles. The predicted octanol–water partition coefficient (Wildman–Crippen LogP) is 0.200. The van der Waals surface area contributed by atoms with Gasteiger partial charge in [0.15, 0.2) is 6.29 Å². The van der Waals surface area contributed by atoms with E-state index in [0.717, 1.165) is 0 Å². The number of hydrogen-bond donors (Lipinski definition) is 1. The van der Waals surface area contributed by atoms with Crippen LogP contribution in [0.4, 0.5) is 0 Å². The Labute approximate surface area is 50.8 Å². The third-order valence-corrected chi connectivity index (χ3v) is 0.664. The van der Waals surface area contributed by atoms with Crippen LogP contribution in [0.5, 0.6) is 0 Å². The van der Waals surface area contributed by atoms with Crippen LogP contribution in [0.15, 0.2) is 0 Å². The van der Waals surface area contributed by atoms with E-state index in [1.807, 2.05) is 6.92 Å². The molecule has 3 heteroatoms. The monoisotopic (exact) mass is 121 g/mol. The van der Waals surface area contributed by atoms with Crippen molar-refractivity contribution in [1.82, 2.24) is 0 Å². The second kappa shape index (κ2) is 9.99. The predicted molar refractivity (Wildman–Crippen MR) is 33.6 cm³/mol. The summed E-state index contributed by atoms with van der Waals surface area (Å²) in [6.07, 6.45) is -0.0648. The molecule has 0 aromatic heterocycles. The van der Waals surface area contributed by atoms with E-state index >= 15 is 0 Å². The van der Waals surface area contributed by atoms with Gasteiger partial charge < -0.3 is 15.2 Å². The van der Waals surface area contributed by atoms with Crippen molar-refractivity contribution in [3.63, 3.8) is 0 Å². The van der Waals surface area contributed by atoms with E-state index in [9.17, 15) is 0 Å². The van der Waals surface area contributed by atoms with Crippen LogP contribution in [0.25, 0.3) is 0 Å². The van der Waals surface area contributed by atoms with Crippen molar-refractivity contribution in [1.29, 1.82) is 0 Å². The Bertz CT molecular complexity index is 29.6. The molecule has 0 bridgehead atoms. The lowest BCUT2D eigenvalue weighted by molar-refractivity contribution is -0.0877. The number of rotatable bonds is 2. The maximum Gasteiger partial charge on any atom is 0.154 e. The van der Waals surface area contributed by atoms with Crippen molar-refractivity contribution in [2.75, 3.05) is 21.3 Å². The topological polar surface area (TPSA) is 44.5 Å². The van der Waals surface area contributed by atoms with Gasteiger partial charge in [0.05, 0.1) is 0 Å². The SMILES string of the molecule is CN.COC(C)OC. The molecule has 0 amide bonds. The molecule has 0 aliphatic carbocycles. The van der Waals surface area contributed by atoms with Gasteiger partial charge in [0, 0.05) is 14.2 Å². The molecule has 0 rings (SSSR count). The van der Waals surface area contributed by atoms with Gasteiger partial charge in [0.25, 0.3) is 0 Å². The molecule has 0 spiro atoms. The highest BCUT2D eigenvalue weighted by molar-refractivity contribution is 4.17. The molecule has 0 aromatic rings. The minimum Gasteiger partial charge on any atom is -0.356 e. The first-order valence-corrected chi connectivity index (χ1v) is 2.44. The molecule has 2 N–H and O–H groups in total. The fourth-order valence-electron chi connectivity index (χ4n) is 0.0962. The molecule has 3 nitrogen and oxygen atoms in total. The summed E-state index contributed by atoms with van der Waals surface area (Å²) in [5.41, 5.74) is 4.50. The van der Waals surface area contributed by atoms with Gasteiger partial charge in [0.1, 0.15) is 0 Å². The largest absolute Gasteiger partial charge is 0.356 e. The van der Waals surface area contributed by atoms with Crippen LogP contribution < -0.4 is 5.73 Å². The van der Waals surface area contributed by atoms with E-state index in [2.05, 4.69) is 15.2 Å². The van der Waals surface area contributed by atoms with Crippen molar-refractivity contribution in [3.8, 4) is 0 Å². The van der Waals surface area contributed by atoms with Gasteiger partial charge in [0.2, 0.25) is 0 Å². The molecular formula is C5H15NO2. The van der Waals surface area contributed by atoms with Crippen LogP contribution in [0.3, 0.4) is 0 Å². The summed E-state index contributed by atoms with van der Waals surface area (Å²) in [4.78, 5) is 0. The zero-order valence-corrected chi connectivity index (χ0v) is 5.97. The Morgan fingerprint density at radius 3 is 1.38 bits per heavy atom. The maximum atomic E-state index is 4.68. The summed E-state index contributed by atoms with van der Waals surface area (Å²) < 4.78 is 9.35. The average molecular weight is 121 g/mol. The van der Waals surface area contributed by atoms with Crippen LogP contribution in [0.1, 0.15) is 6.92 Å². The summed E-state index contributed by atoms with van der Waals surface area (Å²) in [5.74, 6) is 0. The third kappa shape index (κ3) is 9.30. The summed E-state index contributed by atoms with van der Waals surface area (Å²) in [5, 5.41) is 0. The van der Waals surface area contributed by atoms with Gasteiger partial charge in [-0.2, -0.15) is 0 Å². The van der Waals surface area contributed by atoms with Gasteiger partial charge in [-0.15, -0.1) is 0 Å². The summed E-state index contributed by atoms with van der Waals surface area (Å²) >= 11 is 0. The molecule has 0 aliphatic rings. The molecule has 0 saturated heterocycles. The zero-order valence-electron chi connectivity index (χ0n) is 5.97. The Morgan fingerprint density at radius 2 is 1.38 bits per heavy atom. The van der Waals surface area contributed by atoms with Gasteiger partial charge >= 0.3 is 0 Å². The van der Waals surface area contributed by atoms with E-state index in [-0.39, 0.29) is 6.29 Å². The zero-order chi connectivity index (χ0) is 6.99. The Morgan fingerprint density at radius 1 is 1.12 bits per heavy atom. The van der Waals surface area contributed by atoms with E-state index in [1.165, 1.54) is 7.05 Å². The molecule has 0 heterocycles. The third-order valence-electron chi connectivity index (χ3n) is 0.664. The van der Waals surface area contributed by atoms with E-state index in [1.54, 1.807) is 14.2 Å².